The minimum Gasteiger partial charge on any atom is -0.302 e. The Kier molecular flexibility index (Phi) is 3.12. The van der Waals surface area contributed by atoms with Crippen molar-refractivity contribution in [2.75, 3.05) is 0 Å². The topological polar surface area (TPSA) is 80.4 Å². The number of hydrogen-bond acceptors (Lipinski definition) is 3. The molecule has 0 aliphatic rings. The Bertz CT molecular complexity index is 381. The largest absolute Gasteiger partial charge is 0.302 e. The zero-order valence-corrected chi connectivity index (χ0v) is 8.54. The number of nitro groups is 1. The fraction of sp³-hybridized carbons (Fsp3) is 0. The first-order valence-corrected chi connectivity index (χ1v) is 4.97. The Hall–Kier alpha value is -0.790. The molecule has 5 nitrogen and oxygen atoms in total. The first-order valence-electron chi connectivity index (χ1n) is 3.07. The zero-order chi connectivity index (χ0) is 10.0. The van der Waals surface area contributed by atoms with Gasteiger partial charge in [0.15, 0.2) is 11.1 Å². The molecule has 70 valence electrons. The molecule has 0 bridgehead atoms. The highest BCUT2D eigenvalue weighted by Crippen LogP contribution is 2.26. The monoisotopic (exact) mass is 265 g/mol. The predicted octanol–water partition coefficient (Wildman–Crippen LogP) is 1.94. The van der Waals surface area contributed by atoms with Gasteiger partial charge < -0.3 is 4.55 Å². The Morgan fingerprint density at radius 1 is 1.54 bits per heavy atom. The van der Waals surface area contributed by atoms with Crippen molar-refractivity contribution in [3.05, 3.63) is 32.8 Å². The highest BCUT2D eigenvalue weighted by Gasteiger charge is 2.12. The molecule has 1 aromatic rings. The SMILES string of the molecule is O=[N+]([O-])c1ccc(S(=O)O)cc1Br. The van der Waals surface area contributed by atoms with Crippen LogP contribution in [-0.4, -0.2) is 13.7 Å². The summed E-state index contributed by atoms with van der Waals surface area (Å²) in [6.07, 6.45) is 0. The molecule has 1 N–H and O–H groups in total. The predicted molar refractivity (Wildman–Crippen MR) is 49.8 cm³/mol. The molecule has 13 heavy (non-hydrogen) atoms. The van der Waals surface area contributed by atoms with Crippen LogP contribution in [0.15, 0.2) is 27.6 Å². The third kappa shape index (κ3) is 2.33. The molecule has 1 unspecified atom stereocenters. The molecular weight excluding hydrogens is 262 g/mol. The van der Waals surface area contributed by atoms with Crippen LogP contribution in [0, 0.1) is 10.1 Å². The Balaban J connectivity index is 3.20. The molecule has 0 aliphatic heterocycles. The van der Waals surface area contributed by atoms with Gasteiger partial charge in [0.25, 0.3) is 5.69 Å². The number of benzene rings is 1. The van der Waals surface area contributed by atoms with E-state index in [-0.39, 0.29) is 15.1 Å². The molecule has 0 amide bonds. The number of nitrogens with zero attached hydrogens (tertiary/aromatic N) is 1. The van der Waals surface area contributed by atoms with Crippen LogP contribution in [0.5, 0.6) is 0 Å². The van der Waals surface area contributed by atoms with Gasteiger partial charge in [-0.15, -0.1) is 0 Å². The number of halogens is 1. The van der Waals surface area contributed by atoms with Crippen LogP contribution in [0.3, 0.4) is 0 Å². The van der Waals surface area contributed by atoms with E-state index in [2.05, 4.69) is 15.9 Å². The summed E-state index contributed by atoms with van der Waals surface area (Å²) >= 11 is 0.815. The number of hydrogen-bond donors (Lipinski definition) is 1. The Labute approximate surface area is 84.3 Å². The third-order valence-electron chi connectivity index (χ3n) is 1.32. The van der Waals surface area contributed by atoms with Crippen LogP contribution in [0.4, 0.5) is 5.69 Å². The van der Waals surface area contributed by atoms with E-state index in [1.165, 1.54) is 18.2 Å². The second-order valence-electron chi connectivity index (χ2n) is 2.12. The van der Waals surface area contributed by atoms with Gasteiger partial charge in [0.2, 0.25) is 0 Å². The van der Waals surface area contributed by atoms with Gasteiger partial charge in [-0.3, -0.25) is 10.1 Å². The van der Waals surface area contributed by atoms with E-state index in [0.717, 1.165) is 0 Å². The molecule has 1 aromatic carbocycles. The molecule has 0 spiro atoms. The van der Waals surface area contributed by atoms with Crippen LogP contribution >= 0.6 is 15.9 Å². The van der Waals surface area contributed by atoms with Crippen LogP contribution in [-0.2, 0) is 11.1 Å². The van der Waals surface area contributed by atoms with Gasteiger partial charge in [-0.2, -0.15) is 0 Å². The van der Waals surface area contributed by atoms with Gasteiger partial charge in [0.1, 0.15) is 0 Å². The average Bonchev–Trinajstić information content (AvgIpc) is 2.03. The van der Waals surface area contributed by atoms with Crippen molar-refractivity contribution in [2.45, 2.75) is 4.90 Å². The van der Waals surface area contributed by atoms with Crippen molar-refractivity contribution >= 4 is 32.7 Å². The maximum Gasteiger partial charge on any atom is 0.283 e. The maximum absolute atomic E-state index is 10.6. The highest BCUT2D eigenvalue weighted by molar-refractivity contribution is 9.10. The summed E-state index contributed by atoms with van der Waals surface area (Å²) in [6.45, 7) is 0. The summed E-state index contributed by atoms with van der Waals surface area (Å²) in [5.74, 6) is 0. The fourth-order valence-electron chi connectivity index (χ4n) is 0.744. The van der Waals surface area contributed by atoms with E-state index < -0.39 is 16.0 Å². The number of rotatable bonds is 2. The highest BCUT2D eigenvalue weighted by atomic mass is 79.9. The van der Waals surface area contributed by atoms with Gasteiger partial charge in [-0.25, -0.2) is 4.21 Å². The van der Waals surface area contributed by atoms with E-state index in [1.54, 1.807) is 0 Å². The molecule has 0 fully saturated rings. The summed E-state index contributed by atoms with van der Waals surface area (Å²) in [4.78, 5) is 9.89. The molecule has 1 atom stereocenters. The molecule has 0 heterocycles. The summed E-state index contributed by atoms with van der Waals surface area (Å²) in [5.41, 5.74) is -0.130. The number of nitro benzene ring substituents is 1. The van der Waals surface area contributed by atoms with Crippen molar-refractivity contribution in [3.8, 4) is 0 Å². The summed E-state index contributed by atoms with van der Waals surface area (Å²) in [7, 11) is 0. The van der Waals surface area contributed by atoms with E-state index in [1.807, 2.05) is 0 Å². The van der Waals surface area contributed by atoms with E-state index in [0.29, 0.717) is 0 Å². The molecule has 0 saturated heterocycles. The third-order valence-corrected chi connectivity index (χ3v) is 2.61. The van der Waals surface area contributed by atoms with Gasteiger partial charge in [0, 0.05) is 6.07 Å². The van der Waals surface area contributed by atoms with Gasteiger partial charge in [-0.05, 0) is 28.1 Å². The lowest BCUT2D eigenvalue weighted by Gasteiger charge is -1.97. The lowest BCUT2D eigenvalue weighted by Crippen LogP contribution is -1.92. The fourth-order valence-corrected chi connectivity index (χ4v) is 1.82. The summed E-state index contributed by atoms with van der Waals surface area (Å²) in [6, 6.07) is 3.65. The molecule has 0 aromatic heterocycles. The van der Waals surface area contributed by atoms with E-state index in [9.17, 15) is 14.3 Å². The molecule has 1 rings (SSSR count). The lowest BCUT2D eigenvalue weighted by molar-refractivity contribution is -0.385. The smallest absolute Gasteiger partial charge is 0.283 e. The lowest BCUT2D eigenvalue weighted by atomic mass is 10.3. The second kappa shape index (κ2) is 3.95. The van der Waals surface area contributed by atoms with Crippen LogP contribution in [0.1, 0.15) is 0 Å². The van der Waals surface area contributed by atoms with Gasteiger partial charge >= 0.3 is 0 Å². The molecule has 0 saturated carbocycles. The maximum atomic E-state index is 10.6. The second-order valence-corrected chi connectivity index (χ2v) is 3.94. The Morgan fingerprint density at radius 3 is 2.54 bits per heavy atom. The molecule has 7 heteroatoms. The van der Waals surface area contributed by atoms with Crippen molar-refractivity contribution in [1.82, 2.24) is 0 Å². The quantitative estimate of drug-likeness (QED) is 0.504. The molecular formula is C6H4BrNO4S. The first kappa shape index (κ1) is 10.3. The normalized spacial score (nSPS) is 12.5. The van der Waals surface area contributed by atoms with E-state index >= 15 is 0 Å². The van der Waals surface area contributed by atoms with Crippen molar-refractivity contribution in [3.63, 3.8) is 0 Å². The van der Waals surface area contributed by atoms with Crippen molar-refractivity contribution in [1.29, 1.82) is 0 Å². The first-order chi connectivity index (χ1) is 6.02. The van der Waals surface area contributed by atoms with Crippen LogP contribution in [0.25, 0.3) is 0 Å². The molecule has 0 radical (unpaired) electrons. The summed E-state index contributed by atoms with van der Waals surface area (Å²) in [5, 5.41) is 10.3. The molecule has 0 aliphatic carbocycles. The van der Waals surface area contributed by atoms with Gasteiger partial charge in [-0.1, -0.05) is 0 Å². The van der Waals surface area contributed by atoms with Gasteiger partial charge in [0.05, 0.1) is 14.3 Å². The zero-order valence-electron chi connectivity index (χ0n) is 6.14. The van der Waals surface area contributed by atoms with Crippen molar-refractivity contribution < 1.29 is 13.7 Å². The summed E-state index contributed by atoms with van der Waals surface area (Å²) < 4.78 is 19.4. The van der Waals surface area contributed by atoms with Crippen molar-refractivity contribution in [2.24, 2.45) is 0 Å². The standard InChI is InChI=1S/C6H4BrNO4S/c7-5-3-4(13(11)12)1-2-6(5)8(9)10/h1-3H,(H,11,12). The Morgan fingerprint density at radius 2 is 2.15 bits per heavy atom. The van der Waals surface area contributed by atoms with Crippen LogP contribution < -0.4 is 0 Å². The van der Waals surface area contributed by atoms with E-state index in [4.69, 9.17) is 4.55 Å². The van der Waals surface area contributed by atoms with Crippen LogP contribution in [0.2, 0.25) is 0 Å². The minimum absolute atomic E-state index is 0.123. The minimum atomic E-state index is -2.11. The average molecular weight is 266 g/mol.